The maximum Gasteiger partial charge on any atom is 0.419 e. The van der Waals surface area contributed by atoms with E-state index in [1.807, 2.05) is 6.07 Å². The van der Waals surface area contributed by atoms with Crippen molar-refractivity contribution in [1.29, 1.82) is 0 Å². The largest absolute Gasteiger partial charge is 0.419 e. The molecular weight excluding hydrogens is 353 g/mol. The molecule has 0 saturated carbocycles. The van der Waals surface area contributed by atoms with E-state index in [1.165, 1.54) is 33.1 Å². The molecule has 1 aromatic carbocycles. The summed E-state index contributed by atoms with van der Waals surface area (Å²) in [6, 6.07) is 11.0. The number of nitrogens with zero attached hydrogens (tertiary/aromatic N) is 1. The highest BCUT2D eigenvalue weighted by Crippen LogP contribution is 2.28. The third kappa shape index (κ3) is 3.64. The van der Waals surface area contributed by atoms with Crippen LogP contribution in [0.15, 0.2) is 42.6 Å². The van der Waals surface area contributed by atoms with Crippen molar-refractivity contribution in [2.75, 3.05) is 31.1 Å². The quantitative estimate of drug-likeness (QED) is 0.723. The van der Waals surface area contributed by atoms with Crippen LogP contribution in [0, 0.1) is 6.92 Å². The zero-order valence-corrected chi connectivity index (χ0v) is 15.2. The smallest absolute Gasteiger partial charge is 0.358 e. The summed E-state index contributed by atoms with van der Waals surface area (Å²) in [5.74, 6) is 0.741. The number of alkyl halides is 3. The number of rotatable bonds is 3. The highest BCUT2D eigenvalue weighted by atomic mass is 19.4. The van der Waals surface area contributed by atoms with Crippen LogP contribution >= 0.6 is 0 Å². The predicted molar refractivity (Wildman–Crippen MR) is 97.6 cm³/mol. The monoisotopic (exact) mass is 376 g/mol. The van der Waals surface area contributed by atoms with Crippen molar-refractivity contribution < 1.29 is 23.1 Å². The van der Waals surface area contributed by atoms with Gasteiger partial charge in [0.25, 0.3) is 5.82 Å². The lowest BCUT2D eigenvalue weighted by Crippen LogP contribution is -3.13. The molecule has 1 saturated heterocycles. The molecule has 1 aliphatic heterocycles. The summed E-state index contributed by atoms with van der Waals surface area (Å²) in [5.41, 5.74) is 3.09. The molecular formula is C20H23F3N4+2. The second-order valence-corrected chi connectivity index (χ2v) is 7.15. The summed E-state index contributed by atoms with van der Waals surface area (Å²) in [6.07, 6.45) is -3.26. The van der Waals surface area contributed by atoms with E-state index in [4.69, 9.17) is 0 Å². The van der Waals surface area contributed by atoms with E-state index in [9.17, 15) is 13.2 Å². The summed E-state index contributed by atoms with van der Waals surface area (Å²) in [5, 5.41) is 1.28. The Kier molecular flexibility index (Phi) is 4.55. The number of anilines is 1. The van der Waals surface area contributed by atoms with E-state index in [-0.39, 0.29) is 0 Å². The van der Waals surface area contributed by atoms with E-state index in [0.29, 0.717) is 0 Å². The molecule has 4 rings (SSSR count). The first-order valence-electron chi connectivity index (χ1n) is 9.15. The number of H-pyrrole nitrogens is 2. The number of nitrogens with one attached hydrogen (secondary N) is 3. The van der Waals surface area contributed by atoms with E-state index in [1.54, 1.807) is 0 Å². The van der Waals surface area contributed by atoms with Crippen LogP contribution in [-0.4, -0.2) is 31.2 Å². The number of aryl methyl sites for hydroxylation is 1. The van der Waals surface area contributed by atoms with Gasteiger partial charge >= 0.3 is 6.18 Å². The Morgan fingerprint density at radius 1 is 1.11 bits per heavy atom. The van der Waals surface area contributed by atoms with Gasteiger partial charge in [0.1, 0.15) is 38.9 Å². The van der Waals surface area contributed by atoms with Gasteiger partial charge in [-0.15, -0.1) is 0 Å². The predicted octanol–water partition coefficient (Wildman–Crippen LogP) is 2.21. The normalized spacial score (nSPS) is 16.2. The highest BCUT2D eigenvalue weighted by molar-refractivity contribution is 5.84. The molecule has 0 spiro atoms. The van der Waals surface area contributed by atoms with Crippen molar-refractivity contribution in [3.8, 4) is 0 Å². The number of pyridine rings is 1. The molecule has 7 heteroatoms. The average Bonchev–Trinajstić information content (AvgIpc) is 2.97. The first-order valence-corrected chi connectivity index (χ1v) is 9.15. The van der Waals surface area contributed by atoms with Gasteiger partial charge in [-0.25, -0.2) is 4.98 Å². The average molecular weight is 376 g/mol. The number of benzene rings is 1. The molecule has 3 heterocycles. The number of hydrogen-bond donors (Lipinski definition) is 2. The van der Waals surface area contributed by atoms with E-state index >= 15 is 0 Å². The molecule has 1 aliphatic rings. The van der Waals surface area contributed by atoms with Gasteiger partial charge in [0, 0.05) is 28.2 Å². The first kappa shape index (κ1) is 17.9. The second kappa shape index (κ2) is 6.88. The van der Waals surface area contributed by atoms with Crippen LogP contribution in [0.2, 0.25) is 0 Å². The lowest BCUT2D eigenvalue weighted by molar-refractivity contribution is -0.914. The lowest BCUT2D eigenvalue weighted by atomic mass is 10.1. The van der Waals surface area contributed by atoms with Gasteiger partial charge in [-0.3, -0.25) is 4.90 Å². The number of aromatic amines is 2. The van der Waals surface area contributed by atoms with Gasteiger partial charge in [-0.1, -0.05) is 18.2 Å². The zero-order valence-electron chi connectivity index (χ0n) is 15.2. The van der Waals surface area contributed by atoms with Crippen LogP contribution in [-0.2, 0) is 12.7 Å². The summed E-state index contributed by atoms with van der Waals surface area (Å²) >= 11 is 0. The Bertz CT molecular complexity index is 923. The van der Waals surface area contributed by atoms with Crippen molar-refractivity contribution in [3.05, 3.63) is 59.4 Å². The highest BCUT2D eigenvalue weighted by Gasteiger charge is 2.33. The fourth-order valence-electron chi connectivity index (χ4n) is 3.84. The summed E-state index contributed by atoms with van der Waals surface area (Å²) in [6.45, 7) is 6.61. The molecule has 3 N–H and O–H groups in total. The van der Waals surface area contributed by atoms with Gasteiger partial charge in [0.2, 0.25) is 0 Å². The maximum atomic E-state index is 12.7. The number of fused-ring (bicyclic) bond motifs is 1. The molecule has 142 valence electrons. The Morgan fingerprint density at radius 3 is 2.52 bits per heavy atom. The third-order valence-corrected chi connectivity index (χ3v) is 5.39. The minimum Gasteiger partial charge on any atom is -0.358 e. The van der Waals surface area contributed by atoms with Crippen LogP contribution in [0.4, 0.5) is 19.0 Å². The fourth-order valence-corrected chi connectivity index (χ4v) is 3.84. The van der Waals surface area contributed by atoms with Gasteiger partial charge in [0.15, 0.2) is 0 Å². The van der Waals surface area contributed by atoms with Crippen LogP contribution in [0.5, 0.6) is 0 Å². The molecule has 2 aromatic heterocycles. The van der Waals surface area contributed by atoms with E-state index < -0.39 is 11.7 Å². The number of halogens is 3. The van der Waals surface area contributed by atoms with Crippen LogP contribution in [0.3, 0.4) is 0 Å². The Hall–Kier alpha value is -2.54. The molecule has 0 atom stereocenters. The van der Waals surface area contributed by atoms with Crippen molar-refractivity contribution in [1.82, 2.24) is 4.98 Å². The van der Waals surface area contributed by atoms with Gasteiger partial charge < -0.3 is 9.88 Å². The Morgan fingerprint density at radius 2 is 1.85 bits per heavy atom. The third-order valence-electron chi connectivity index (χ3n) is 5.39. The van der Waals surface area contributed by atoms with Crippen LogP contribution < -0.4 is 14.8 Å². The van der Waals surface area contributed by atoms with Crippen molar-refractivity contribution in [2.45, 2.75) is 19.6 Å². The minimum absolute atomic E-state index is 0.648. The summed E-state index contributed by atoms with van der Waals surface area (Å²) in [4.78, 5) is 9.86. The van der Waals surface area contributed by atoms with E-state index in [0.717, 1.165) is 50.8 Å². The first-order chi connectivity index (χ1) is 12.9. The number of para-hydroxylation sites is 1. The SMILES string of the molecule is Cc1[nH]c2ccccc2c1C[NH+]1CCN(c2ccc(C(F)(F)F)c[nH+]2)CC1. The van der Waals surface area contributed by atoms with Gasteiger partial charge in [-0.2, -0.15) is 13.2 Å². The van der Waals surface area contributed by atoms with Crippen molar-refractivity contribution >= 4 is 16.7 Å². The molecule has 27 heavy (non-hydrogen) atoms. The molecule has 3 aromatic rings. The molecule has 0 aliphatic carbocycles. The Labute approximate surface area is 155 Å². The van der Waals surface area contributed by atoms with Crippen molar-refractivity contribution in [3.63, 3.8) is 0 Å². The molecule has 0 amide bonds. The van der Waals surface area contributed by atoms with Crippen LogP contribution in [0.25, 0.3) is 10.9 Å². The zero-order chi connectivity index (χ0) is 19.0. The lowest BCUT2D eigenvalue weighted by Gasteiger charge is -2.28. The minimum atomic E-state index is -4.31. The maximum absolute atomic E-state index is 12.7. The molecule has 0 radical (unpaired) electrons. The van der Waals surface area contributed by atoms with Gasteiger partial charge in [-0.05, 0) is 19.1 Å². The van der Waals surface area contributed by atoms with Gasteiger partial charge in [0.05, 0.1) is 5.56 Å². The standard InChI is InChI=1S/C20H21F3N4/c1-14-17(16-4-2-3-5-18(16)25-14)13-26-8-10-27(11-9-26)19-7-6-15(12-24-19)20(21,22)23/h2-7,12,25H,8-11,13H2,1H3/p+2. The number of hydrogen-bond acceptors (Lipinski definition) is 1. The molecule has 0 bridgehead atoms. The molecule has 4 nitrogen and oxygen atoms in total. The second-order valence-electron chi connectivity index (χ2n) is 7.15. The van der Waals surface area contributed by atoms with Crippen molar-refractivity contribution in [2.24, 2.45) is 0 Å². The Balaban J connectivity index is 1.41. The molecule has 0 unspecified atom stereocenters. The number of piperazine rings is 1. The number of quaternary nitrogens is 1. The van der Waals surface area contributed by atoms with E-state index in [2.05, 4.69) is 40.0 Å². The summed E-state index contributed by atoms with van der Waals surface area (Å²) < 4.78 is 38.1. The number of aromatic nitrogens is 2. The summed E-state index contributed by atoms with van der Waals surface area (Å²) in [7, 11) is 0. The topological polar surface area (TPSA) is 37.6 Å². The van der Waals surface area contributed by atoms with Crippen LogP contribution in [0.1, 0.15) is 16.8 Å². The fraction of sp³-hybridized carbons (Fsp3) is 0.350. The molecule has 1 fully saturated rings.